The number of rotatable bonds is 2. The molecule has 0 aromatic rings. The summed E-state index contributed by atoms with van der Waals surface area (Å²) in [5.41, 5.74) is 0.0696. The van der Waals surface area contributed by atoms with E-state index in [1.165, 1.54) is 12.8 Å². The van der Waals surface area contributed by atoms with Crippen molar-refractivity contribution in [3.05, 3.63) is 0 Å². The van der Waals surface area contributed by atoms with Crippen molar-refractivity contribution in [3.63, 3.8) is 0 Å². The standard InChI is InChI=1S/C13H22N2O/c1-13(2)11-7-14-6-10(11)8-15(13)12(16)5-9-3-4-9/h9-11,14H,3-8H2,1-2H3. The Hall–Kier alpha value is -0.570. The fourth-order valence-corrected chi connectivity index (χ4v) is 3.52. The van der Waals surface area contributed by atoms with Crippen molar-refractivity contribution in [3.8, 4) is 0 Å². The third-order valence-corrected chi connectivity index (χ3v) is 4.82. The van der Waals surface area contributed by atoms with E-state index in [9.17, 15) is 4.79 Å². The molecule has 0 spiro atoms. The van der Waals surface area contributed by atoms with Crippen molar-refractivity contribution < 1.29 is 4.79 Å². The molecule has 3 nitrogen and oxygen atoms in total. The van der Waals surface area contributed by atoms with Crippen LogP contribution in [-0.4, -0.2) is 36.0 Å². The van der Waals surface area contributed by atoms with Crippen LogP contribution in [0.15, 0.2) is 0 Å². The van der Waals surface area contributed by atoms with Crippen molar-refractivity contribution in [2.24, 2.45) is 17.8 Å². The molecule has 2 unspecified atom stereocenters. The Morgan fingerprint density at radius 2 is 2.12 bits per heavy atom. The molecular formula is C13H22N2O. The van der Waals surface area contributed by atoms with Crippen molar-refractivity contribution in [1.29, 1.82) is 0 Å². The molecule has 1 amide bonds. The van der Waals surface area contributed by atoms with Crippen LogP contribution in [0, 0.1) is 17.8 Å². The van der Waals surface area contributed by atoms with E-state index < -0.39 is 0 Å². The lowest BCUT2D eigenvalue weighted by molar-refractivity contribution is -0.135. The van der Waals surface area contributed by atoms with Crippen LogP contribution < -0.4 is 5.32 Å². The summed E-state index contributed by atoms with van der Waals surface area (Å²) in [7, 11) is 0. The highest BCUT2D eigenvalue weighted by Gasteiger charge is 2.51. The molecule has 3 fully saturated rings. The summed E-state index contributed by atoms with van der Waals surface area (Å²) in [6.07, 6.45) is 3.35. The predicted molar refractivity (Wildman–Crippen MR) is 63.0 cm³/mol. The molecular weight excluding hydrogens is 200 g/mol. The van der Waals surface area contributed by atoms with Gasteiger partial charge in [-0.15, -0.1) is 0 Å². The van der Waals surface area contributed by atoms with Crippen molar-refractivity contribution in [1.82, 2.24) is 10.2 Å². The van der Waals surface area contributed by atoms with Crippen LogP contribution in [0.3, 0.4) is 0 Å². The normalized spacial score (nSPS) is 36.5. The van der Waals surface area contributed by atoms with Gasteiger partial charge in [-0.1, -0.05) is 0 Å². The molecule has 0 bridgehead atoms. The first-order valence-electron chi connectivity index (χ1n) is 6.60. The van der Waals surface area contributed by atoms with Gasteiger partial charge >= 0.3 is 0 Å². The van der Waals surface area contributed by atoms with Crippen LogP contribution in [-0.2, 0) is 4.79 Å². The summed E-state index contributed by atoms with van der Waals surface area (Å²) in [5.74, 6) is 2.47. The van der Waals surface area contributed by atoms with Gasteiger partial charge in [0.2, 0.25) is 5.91 Å². The SMILES string of the molecule is CC1(C)C2CNCC2CN1C(=O)CC1CC1. The molecule has 16 heavy (non-hydrogen) atoms. The Kier molecular flexibility index (Phi) is 2.29. The van der Waals surface area contributed by atoms with Crippen LogP contribution in [0.5, 0.6) is 0 Å². The van der Waals surface area contributed by atoms with Crippen molar-refractivity contribution in [2.45, 2.75) is 38.6 Å². The number of hydrogen-bond donors (Lipinski definition) is 1. The Morgan fingerprint density at radius 3 is 2.75 bits per heavy atom. The van der Waals surface area contributed by atoms with E-state index in [1.807, 2.05) is 0 Å². The molecule has 2 saturated heterocycles. The lowest BCUT2D eigenvalue weighted by atomic mass is 9.85. The van der Waals surface area contributed by atoms with E-state index in [1.54, 1.807) is 0 Å². The third-order valence-electron chi connectivity index (χ3n) is 4.82. The second kappa shape index (κ2) is 3.46. The Balaban J connectivity index is 1.72. The summed E-state index contributed by atoms with van der Waals surface area (Å²) in [5, 5.41) is 3.45. The van der Waals surface area contributed by atoms with E-state index in [4.69, 9.17) is 0 Å². The summed E-state index contributed by atoms with van der Waals surface area (Å²) in [4.78, 5) is 14.4. The molecule has 0 aromatic heterocycles. The van der Waals surface area contributed by atoms with E-state index in [0.29, 0.717) is 23.7 Å². The van der Waals surface area contributed by atoms with Crippen LogP contribution in [0.4, 0.5) is 0 Å². The summed E-state index contributed by atoms with van der Waals surface area (Å²) in [6, 6.07) is 0. The maximum absolute atomic E-state index is 12.2. The molecule has 0 aromatic carbocycles. The van der Waals surface area contributed by atoms with Crippen LogP contribution in [0.2, 0.25) is 0 Å². The van der Waals surface area contributed by atoms with Gasteiger partial charge in [0.05, 0.1) is 0 Å². The van der Waals surface area contributed by atoms with Gasteiger partial charge in [0, 0.05) is 31.6 Å². The molecule has 2 aliphatic heterocycles. The monoisotopic (exact) mass is 222 g/mol. The first-order chi connectivity index (χ1) is 7.59. The first kappa shape index (κ1) is 10.6. The predicted octanol–water partition coefficient (Wildman–Crippen LogP) is 1.24. The number of hydrogen-bond acceptors (Lipinski definition) is 2. The quantitative estimate of drug-likeness (QED) is 0.762. The van der Waals surface area contributed by atoms with E-state index >= 15 is 0 Å². The number of carbonyl (C=O) groups excluding carboxylic acids is 1. The topological polar surface area (TPSA) is 32.3 Å². The Labute approximate surface area is 97.6 Å². The zero-order chi connectivity index (χ0) is 11.3. The second-order valence-electron chi connectivity index (χ2n) is 6.33. The van der Waals surface area contributed by atoms with Gasteiger partial charge in [0.15, 0.2) is 0 Å². The summed E-state index contributed by atoms with van der Waals surface area (Å²) < 4.78 is 0. The van der Waals surface area contributed by atoms with Crippen LogP contribution in [0.1, 0.15) is 33.1 Å². The number of nitrogens with zero attached hydrogens (tertiary/aromatic N) is 1. The molecule has 0 radical (unpaired) electrons. The average molecular weight is 222 g/mol. The van der Waals surface area contributed by atoms with Crippen molar-refractivity contribution >= 4 is 5.91 Å². The fraction of sp³-hybridized carbons (Fsp3) is 0.923. The van der Waals surface area contributed by atoms with E-state index in [-0.39, 0.29) is 5.54 Å². The number of amides is 1. The molecule has 3 rings (SSSR count). The second-order valence-corrected chi connectivity index (χ2v) is 6.33. The molecule has 90 valence electrons. The third kappa shape index (κ3) is 1.56. The summed E-state index contributed by atoms with van der Waals surface area (Å²) in [6.45, 7) is 7.66. The van der Waals surface area contributed by atoms with Gasteiger partial charge in [0.1, 0.15) is 0 Å². The minimum Gasteiger partial charge on any atom is -0.337 e. The smallest absolute Gasteiger partial charge is 0.223 e. The maximum atomic E-state index is 12.2. The van der Waals surface area contributed by atoms with E-state index in [2.05, 4.69) is 24.1 Å². The minimum absolute atomic E-state index is 0.0696. The molecule has 1 aliphatic carbocycles. The van der Waals surface area contributed by atoms with Crippen LogP contribution in [0.25, 0.3) is 0 Å². The van der Waals surface area contributed by atoms with Gasteiger partial charge in [-0.3, -0.25) is 4.79 Å². The van der Waals surface area contributed by atoms with Gasteiger partial charge in [-0.05, 0) is 44.4 Å². The first-order valence-corrected chi connectivity index (χ1v) is 6.60. The average Bonchev–Trinajstić information content (AvgIpc) is 2.81. The summed E-state index contributed by atoms with van der Waals surface area (Å²) >= 11 is 0. The highest BCUT2D eigenvalue weighted by Crippen LogP contribution is 2.42. The zero-order valence-corrected chi connectivity index (χ0v) is 10.3. The Bertz CT molecular complexity index is 309. The number of fused-ring (bicyclic) bond motifs is 1. The van der Waals surface area contributed by atoms with Gasteiger partial charge in [-0.2, -0.15) is 0 Å². The number of nitrogens with one attached hydrogen (secondary N) is 1. The van der Waals surface area contributed by atoms with Gasteiger partial charge in [-0.25, -0.2) is 0 Å². The Morgan fingerprint density at radius 1 is 1.38 bits per heavy atom. The molecule has 3 aliphatic rings. The number of carbonyl (C=O) groups is 1. The molecule has 1 saturated carbocycles. The number of likely N-dealkylation sites (tertiary alicyclic amines) is 1. The van der Waals surface area contributed by atoms with Crippen LogP contribution >= 0.6 is 0 Å². The highest BCUT2D eigenvalue weighted by molar-refractivity contribution is 5.78. The minimum atomic E-state index is 0.0696. The fourth-order valence-electron chi connectivity index (χ4n) is 3.52. The molecule has 1 N–H and O–H groups in total. The molecule has 2 atom stereocenters. The lowest BCUT2D eigenvalue weighted by Gasteiger charge is -2.35. The maximum Gasteiger partial charge on any atom is 0.223 e. The van der Waals surface area contributed by atoms with Gasteiger partial charge < -0.3 is 10.2 Å². The zero-order valence-electron chi connectivity index (χ0n) is 10.3. The van der Waals surface area contributed by atoms with Gasteiger partial charge in [0.25, 0.3) is 0 Å². The van der Waals surface area contributed by atoms with E-state index in [0.717, 1.165) is 26.1 Å². The lowest BCUT2D eigenvalue weighted by Crippen LogP contribution is -2.47. The molecule has 2 heterocycles. The highest BCUT2D eigenvalue weighted by atomic mass is 16.2. The largest absolute Gasteiger partial charge is 0.337 e. The van der Waals surface area contributed by atoms with Crippen molar-refractivity contribution in [2.75, 3.05) is 19.6 Å². The molecule has 3 heteroatoms.